The first-order chi connectivity index (χ1) is 9.86. The van der Waals surface area contributed by atoms with Crippen LogP contribution in [0.3, 0.4) is 0 Å². The van der Waals surface area contributed by atoms with Crippen molar-refractivity contribution >= 4 is 79.7 Å². The molecule has 1 aromatic rings. The normalized spacial score (nSPS) is 9.71. The van der Waals surface area contributed by atoms with E-state index >= 15 is 0 Å². The molecule has 0 saturated heterocycles. The monoisotopic (exact) mass is 624 g/mol. The van der Waals surface area contributed by atoms with E-state index in [4.69, 9.17) is 9.47 Å². The standard InChI is InChI=1S/C14H11I3O4/c1-8(2)12(7-18)20-3-4-21-14(19)10-5-9(15)6-11(16)13(10)17/h5-6H,1,3-4H2,2H3. The fourth-order valence-corrected chi connectivity index (χ4v) is 3.68. The van der Waals surface area contributed by atoms with Crippen LogP contribution in [-0.4, -0.2) is 25.1 Å². The van der Waals surface area contributed by atoms with Crippen molar-refractivity contribution in [1.82, 2.24) is 0 Å². The summed E-state index contributed by atoms with van der Waals surface area (Å²) in [6.07, 6.45) is 0. The van der Waals surface area contributed by atoms with E-state index in [0.29, 0.717) is 11.1 Å². The van der Waals surface area contributed by atoms with Crippen LogP contribution in [0.1, 0.15) is 17.3 Å². The molecule has 1 rings (SSSR count). The lowest BCUT2D eigenvalue weighted by molar-refractivity contribution is 0.0406. The largest absolute Gasteiger partial charge is 0.479 e. The Bertz CT molecular complexity index is 619. The van der Waals surface area contributed by atoms with Gasteiger partial charge in [-0.2, -0.15) is 0 Å². The molecule has 0 aliphatic rings. The molecule has 112 valence electrons. The molecule has 0 aromatic heterocycles. The average molecular weight is 624 g/mol. The van der Waals surface area contributed by atoms with Crippen molar-refractivity contribution in [2.24, 2.45) is 0 Å². The molecule has 21 heavy (non-hydrogen) atoms. The van der Waals surface area contributed by atoms with Crippen LogP contribution in [0.2, 0.25) is 0 Å². The van der Waals surface area contributed by atoms with Crippen LogP contribution in [0.4, 0.5) is 0 Å². The van der Waals surface area contributed by atoms with Gasteiger partial charge in [-0.05, 0) is 92.4 Å². The number of hydrogen-bond acceptors (Lipinski definition) is 4. The van der Waals surface area contributed by atoms with Crippen LogP contribution in [0, 0.1) is 10.7 Å². The van der Waals surface area contributed by atoms with E-state index in [0.717, 1.165) is 10.7 Å². The molecule has 0 amide bonds. The number of carbonyl (C=O) groups is 1. The predicted molar refractivity (Wildman–Crippen MR) is 105 cm³/mol. The summed E-state index contributed by atoms with van der Waals surface area (Å²) >= 11 is 6.44. The molecule has 0 fully saturated rings. The first kappa shape index (κ1) is 18.9. The van der Waals surface area contributed by atoms with Gasteiger partial charge in [0.15, 0.2) is 5.94 Å². The highest BCUT2D eigenvalue weighted by Crippen LogP contribution is 2.23. The molecule has 0 saturated carbocycles. The second-order valence-corrected chi connectivity index (χ2v) is 7.43. The van der Waals surface area contributed by atoms with Crippen LogP contribution in [-0.2, 0) is 14.3 Å². The van der Waals surface area contributed by atoms with E-state index in [9.17, 15) is 9.59 Å². The number of halogens is 3. The first-order valence-corrected chi connectivity index (χ1v) is 8.96. The molecule has 0 atom stereocenters. The Hall–Kier alpha value is -0.130. The summed E-state index contributed by atoms with van der Waals surface area (Å²) in [5.74, 6) is 1.28. The Kier molecular flexibility index (Phi) is 8.21. The van der Waals surface area contributed by atoms with Crippen molar-refractivity contribution in [1.29, 1.82) is 0 Å². The fraction of sp³-hybridized carbons (Fsp3) is 0.214. The van der Waals surface area contributed by atoms with Crippen molar-refractivity contribution in [2.75, 3.05) is 13.2 Å². The summed E-state index contributed by atoms with van der Waals surface area (Å²) in [4.78, 5) is 22.6. The number of benzene rings is 1. The number of hydrogen-bond donors (Lipinski definition) is 0. The zero-order chi connectivity index (χ0) is 16.0. The molecule has 4 nitrogen and oxygen atoms in total. The van der Waals surface area contributed by atoms with Gasteiger partial charge in [0.25, 0.3) is 0 Å². The molecule has 0 spiro atoms. The summed E-state index contributed by atoms with van der Waals surface area (Å²) < 4.78 is 13.1. The maximum Gasteiger partial charge on any atom is 0.339 e. The van der Waals surface area contributed by atoms with Gasteiger partial charge in [0.1, 0.15) is 13.2 Å². The van der Waals surface area contributed by atoms with Gasteiger partial charge in [-0.1, -0.05) is 6.58 Å². The van der Waals surface area contributed by atoms with Gasteiger partial charge in [-0.3, -0.25) is 0 Å². The maximum absolute atomic E-state index is 12.0. The van der Waals surface area contributed by atoms with E-state index in [1.165, 1.54) is 0 Å². The van der Waals surface area contributed by atoms with Crippen LogP contribution >= 0.6 is 67.8 Å². The molecule has 1 aromatic carbocycles. The number of esters is 1. The minimum absolute atomic E-state index is 0.0458. The lowest BCUT2D eigenvalue weighted by atomic mass is 10.2. The van der Waals surface area contributed by atoms with E-state index in [-0.39, 0.29) is 19.0 Å². The minimum Gasteiger partial charge on any atom is -0.479 e. The summed E-state index contributed by atoms with van der Waals surface area (Å²) in [5, 5.41) is 0. The Labute approximate surface area is 163 Å². The third-order valence-electron chi connectivity index (χ3n) is 2.26. The zero-order valence-corrected chi connectivity index (χ0v) is 17.5. The van der Waals surface area contributed by atoms with Gasteiger partial charge in [-0.25, -0.2) is 9.59 Å². The molecule has 0 aliphatic carbocycles. The van der Waals surface area contributed by atoms with E-state index < -0.39 is 5.97 Å². The van der Waals surface area contributed by atoms with Gasteiger partial charge in [-0.15, -0.1) is 0 Å². The highest BCUT2D eigenvalue weighted by atomic mass is 127. The topological polar surface area (TPSA) is 52.6 Å². The van der Waals surface area contributed by atoms with Gasteiger partial charge in [0.05, 0.1) is 5.56 Å². The van der Waals surface area contributed by atoms with E-state index in [2.05, 4.69) is 74.4 Å². The van der Waals surface area contributed by atoms with Crippen LogP contribution in [0.15, 0.2) is 30.0 Å². The summed E-state index contributed by atoms with van der Waals surface area (Å²) in [6, 6.07) is 3.76. The van der Waals surface area contributed by atoms with Crippen molar-refractivity contribution in [3.63, 3.8) is 0 Å². The van der Waals surface area contributed by atoms with Crippen molar-refractivity contribution in [2.45, 2.75) is 6.92 Å². The van der Waals surface area contributed by atoms with Gasteiger partial charge in [0, 0.05) is 10.7 Å². The Balaban J connectivity index is 2.60. The second-order valence-electron chi connectivity index (χ2n) is 3.95. The molecule has 0 aliphatic heterocycles. The van der Waals surface area contributed by atoms with Crippen molar-refractivity contribution in [3.8, 4) is 0 Å². The summed E-state index contributed by atoms with van der Waals surface area (Å²) in [7, 11) is 0. The van der Waals surface area contributed by atoms with Gasteiger partial charge < -0.3 is 9.47 Å². The third-order valence-corrected chi connectivity index (χ3v) is 5.92. The first-order valence-electron chi connectivity index (χ1n) is 5.72. The molecular weight excluding hydrogens is 613 g/mol. The number of allylic oxidation sites excluding steroid dienone is 1. The molecule has 0 N–H and O–H groups in total. The molecule has 7 heteroatoms. The lowest BCUT2D eigenvalue weighted by Gasteiger charge is -2.09. The Morgan fingerprint density at radius 1 is 1.24 bits per heavy atom. The predicted octanol–water partition coefficient (Wildman–Crippen LogP) is 3.97. The van der Waals surface area contributed by atoms with Gasteiger partial charge >= 0.3 is 5.97 Å². The Morgan fingerprint density at radius 2 is 1.86 bits per heavy atom. The number of rotatable bonds is 6. The highest BCUT2D eigenvalue weighted by Gasteiger charge is 2.15. The van der Waals surface area contributed by atoms with E-state index in [1.54, 1.807) is 18.9 Å². The second kappa shape index (κ2) is 9.11. The molecule has 0 unspecified atom stereocenters. The summed E-state index contributed by atoms with van der Waals surface area (Å²) in [5.41, 5.74) is 1.01. The number of ether oxygens (including phenoxy) is 2. The third kappa shape index (κ3) is 5.87. The zero-order valence-electron chi connectivity index (χ0n) is 11.0. The molecule has 0 radical (unpaired) electrons. The quantitative estimate of drug-likeness (QED) is 0.0916. The highest BCUT2D eigenvalue weighted by molar-refractivity contribution is 14.1. The van der Waals surface area contributed by atoms with Crippen molar-refractivity contribution in [3.05, 3.63) is 46.3 Å². The average Bonchev–Trinajstić information content (AvgIpc) is 2.42. The number of carbonyl (C=O) groups excluding carboxylic acids is 2. The molecule has 0 bridgehead atoms. The fourth-order valence-electron chi connectivity index (χ4n) is 1.30. The minimum atomic E-state index is -0.411. The van der Waals surface area contributed by atoms with Crippen LogP contribution in [0.5, 0.6) is 0 Å². The SMILES string of the molecule is C=C(C)C(=C=O)OCCOC(=O)c1cc(I)cc(I)c1I. The molecule has 0 heterocycles. The smallest absolute Gasteiger partial charge is 0.339 e. The lowest BCUT2D eigenvalue weighted by Crippen LogP contribution is -2.13. The van der Waals surface area contributed by atoms with Crippen molar-refractivity contribution < 1.29 is 19.1 Å². The molecular formula is C14H11I3O4. The maximum atomic E-state index is 12.0. The summed E-state index contributed by atoms with van der Waals surface area (Å²) in [6.45, 7) is 5.36. The Morgan fingerprint density at radius 3 is 2.43 bits per heavy atom. The van der Waals surface area contributed by atoms with Gasteiger partial charge in [0.2, 0.25) is 5.76 Å². The van der Waals surface area contributed by atoms with Crippen LogP contribution in [0.25, 0.3) is 0 Å². The van der Waals surface area contributed by atoms with Crippen LogP contribution < -0.4 is 0 Å². The van der Waals surface area contributed by atoms with E-state index in [1.807, 2.05) is 6.07 Å².